The lowest BCUT2D eigenvalue weighted by Gasteiger charge is -2.08. The first-order valence-corrected chi connectivity index (χ1v) is 7.98. The third-order valence-corrected chi connectivity index (χ3v) is 3.40. The highest BCUT2D eigenvalue weighted by atomic mass is 16.5. The molecule has 0 radical (unpaired) electrons. The fraction of sp³-hybridized carbons (Fsp3) is 0.647. The summed E-state index contributed by atoms with van der Waals surface area (Å²) in [4.78, 5) is 0. The fourth-order valence-corrected chi connectivity index (χ4v) is 2.13. The average Bonchev–Trinajstić information content (AvgIpc) is 2.49. The summed E-state index contributed by atoms with van der Waals surface area (Å²) in [5, 5.41) is 3.45. The minimum absolute atomic E-state index is 0.715. The Morgan fingerprint density at radius 2 is 1.86 bits per heavy atom. The Morgan fingerprint density at radius 1 is 1.10 bits per heavy atom. The summed E-state index contributed by atoms with van der Waals surface area (Å²) in [5.74, 6) is 0.750. The van der Waals surface area contributed by atoms with Gasteiger partial charge in [0.2, 0.25) is 0 Å². The minimum atomic E-state index is 0.715. The third kappa shape index (κ3) is 7.93. The van der Waals surface area contributed by atoms with Crippen molar-refractivity contribution in [3.63, 3.8) is 0 Å². The lowest BCUT2D eigenvalue weighted by molar-refractivity contribution is 0.129. The van der Waals surface area contributed by atoms with Crippen molar-refractivity contribution in [2.75, 3.05) is 39.1 Å². The number of aryl methyl sites for hydroxylation is 1. The van der Waals surface area contributed by atoms with E-state index in [1.54, 1.807) is 7.11 Å². The van der Waals surface area contributed by atoms with E-state index in [4.69, 9.17) is 15.2 Å². The van der Waals surface area contributed by atoms with Crippen LogP contribution in [0.5, 0.6) is 5.75 Å². The molecule has 0 aliphatic heterocycles. The summed E-state index contributed by atoms with van der Waals surface area (Å²) in [5.41, 5.74) is 7.87. The molecule has 1 aromatic carbocycles. The quantitative estimate of drug-likeness (QED) is 0.459. The number of unbranched alkanes of at least 4 members (excludes halogenated alkanes) is 1. The summed E-state index contributed by atoms with van der Waals surface area (Å²) in [6, 6.07) is 6.02. The maximum Gasteiger partial charge on any atom is 0.141 e. The molecule has 0 atom stereocenters. The van der Waals surface area contributed by atoms with Crippen LogP contribution in [-0.2, 0) is 11.2 Å². The van der Waals surface area contributed by atoms with E-state index in [1.165, 1.54) is 18.4 Å². The molecule has 0 aromatic heterocycles. The van der Waals surface area contributed by atoms with Crippen molar-refractivity contribution in [3.05, 3.63) is 23.8 Å². The van der Waals surface area contributed by atoms with Crippen LogP contribution in [-0.4, -0.2) is 33.4 Å². The molecule has 0 aliphatic rings. The minimum Gasteiger partial charge on any atom is -0.495 e. The number of hydrogen-bond acceptors (Lipinski definition) is 4. The summed E-state index contributed by atoms with van der Waals surface area (Å²) < 4.78 is 10.7. The van der Waals surface area contributed by atoms with E-state index in [-0.39, 0.29) is 0 Å². The molecule has 4 nitrogen and oxygen atoms in total. The van der Waals surface area contributed by atoms with Gasteiger partial charge in [0, 0.05) is 13.2 Å². The van der Waals surface area contributed by atoms with Gasteiger partial charge in [-0.25, -0.2) is 0 Å². The first kappa shape index (κ1) is 17.8. The van der Waals surface area contributed by atoms with E-state index in [0.29, 0.717) is 5.69 Å². The third-order valence-electron chi connectivity index (χ3n) is 3.40. The molecule has 0 heterocycles. The highest BCUT2D eigenvalue weighted by Gasteiger charge is 2.00. The zero-order chi connectivity index (χ0) is 15.3. The SMILES string of the molecule is CCCCOCCCNCCCc1ccc(OC)c(N)c1. The second-order valence-corrected chi connectivity index (χ2v) is 5.25. The zero-order valence-electron chi connectivity index (χ0n) is 13.5. The van der Waals surface area contributed by atoms with Gasteiger partial charge in [0.05, 0.1) is 12.8 Å². The number of rotatable bonds is 12. The number of nitrogens with one attached hydrogen (secondary N) is 1. The Kier molecular flexibility index (Phi) is 9.66. The van der Waals surface area contributed by atoms with Crippen molar-refractivity contribution < 1.29 is 9.47 Å². The molecule has 1 aromatic rings. The van der Waals surface area contributed by atoms with Crippen molar-refractivity contribution in [1.29, 1.82) is 0 Å². The van der Waals surface area contributed by atoms with Crippen LogP contribution >= 0.6 is 0 Å². The van der Waals surface area contributed by atoms with Crippen LogP contribution in [0.15, 0.2) is 18.2 Å². The van der Waals surface area contributed by atoms with Crippen molar-refractivity contribution in [2.24, 2.45) is 0 Å². The van der Waals surface area contributed by atoms with Gasteiger partial charge >= 0.3 is 0 Å². The van der Waals surface area contributed by atoms with E-state index in [9.17, 15) is 0 Å². The molecule has 0 saturated carbocycles. The summed E-state index contributed by atoms with van der Waals surface area (Å²) in [6.07, 6.45) is 5.60. The fourth-order valence-electron chi connectivity index (χ4n) is 2.13. The van der Waals surface area contributed by atoms with E-state index in [2.05, 4.69) is 18.3 Å². The first-order valence-electron chi connectivity index (χ1n) is 7.98. The molecule has 0 amide bonds. The molecule has 0 fully saturated rings. The molecule has 0 spiro atoms. The Hall–Kier alpha value is -1.26. The molecule has 120 valence electrons. The lowest BCUT2D eigenvalue weighted by Crippen LogP contribution is -2.18. The lowest BCUT2D eigenvalue weighted by atomic mass is 10.1. The molecule has 0 bridgehead atoms. The van der Waals surface area contributed by atoms with Crippen molar-refractivity contribution in [2.45, 2.75) is 39.0 Å². The normalized spacial score (nSPS) is 10.8. The van der Waals surface area contributed by atoms with E-state index >= 15 is 0 Å². The van der Waals surface area contributed by atoms with Gasteiger partial charge in [-0.2, -0.15) is 0 Å². The summed E-state index contributed by atoms with van der Waals surface area (Å²) in [6.45, 7) is 6.00. The average molecular weight is 294 g/mol. The van der Waals surface area contributed by atoms with E-state index < -0.39 is 0 Å². The largest absolute Gasteiger partial charge is 0.495 e. The number of benzene rings is 1. The Labute approximate surface area is 129 Å². The van der Waals surface area contributed by atoms with Crippen molar-refractivity contribution >= 4 is 5.69 Å². The van der Waals surface area contributed by atoms with Gasteiger partial charge in [-0.15, -0.1) is 0 Å². The number of anilines is 1. The monoisotopic (exact) mass is 294 g/mol. The Bertz CT molecular complexity index is 383. The standard InChI is InChI=1S/C17H30N2O2/c1-3-4-12-21-13-6-11-19-10-5-7-15-8-9-17(20-2)16(18)14-15/h8-9,14,19H,3-7,10-13,18H2,1-2H3. The van der Waals surface area contributed by atoms with E-state index in [0.717, 1.165) is 51.3 Å². The molecule has 0 saturated heterocycles. The topological polar surface area (TPSA) is 56.5 Å². The second-order valence-electron chi connectivity index (χ2n) is 5.25. The molecule has 3 N–H and O–H groups in total. The highest BCUT2D eigenvalue weighted by molar-refractivity contribution is 5.54. The van der Waals surface area contributed by atoms with Gasteiger partial charge in [-0.3, -0.25) is 0 Å². The Morgan fingerprint density at radius 3 is 2.57 bits per heavy atom. The molecule has 21 heavy (non-hydrogen) atoms. The number of hydrogen-bond donors (Lipinski definition) is 2. The Balaban J connectivity index is 2.00. The van der Waals surface area contributed by atoms with Gasteiger partial charge in [0.1, 0.15) is 5.75 Å². The molecule has 1 rings (SSSR count). The van der Waals surface area contributed by atoms with Gasteiger partial charge in [0.15, 0.2) is 0 Å². The van der Waals surface area contributed by atoms with Crippen molar-refractivity contribution in [3.8, 4) is 5.75 Å². The van der Waals surface area contributed by atoms with Crippen molar-refractivity contribution in [1.82, 2.24) is 5.32 Å². The van der Waals surface area contributed by atoms with Crippen LogP contribution in [0.2, 0.25) is 0 Å². The van der Waals surface area contributed by atoms with Gasteiger partial charge < -0.3 is 20.5 Å². The van der Waals surface area contributed by atoms with Crippen LogP contribution in [0.25, 0.3) is 0 Å². The predicted octanol–water partition coefficient (Wildman–Crippen LogP) is 3.01. The van der Waals surface area contributed by atoms with Crippen LogP contribution < -0.4 is 15.8 Å². The predicted molar refractivity (Wildman–Crippen MR) is 88.9 cm³/mol. The number of ether oxygens (including phenoxy) is 2. The van der Waals surface area contributed by atoms with Crippen LogP contribution in [0.1, 0.15) is 38.2 Å². The van der Waals surface area contributed by atoms with E-state index in [1.807, 2.05) is 12.1 Å². The first-order chi connectivity index (χ1) is 10.3. The van der Waals surface area contributed by atoms with Gasteiger partial charge in [0.25, 0.3) is 0 Å². The van der Waals surface area contributed by atoms with Crippen LogP contribution in [0, 0.1) is 0 Å². The molecule has 0 aliphatic carbocycles. The van der Waals surface area contributed by atoms with Crippen LogP contribution in [0.4, 0.5) is 5.69 Å². The van der Waals surface area contributed by atoms with Gasteiger partial charge in [-0.05, 0) is 56.5 Å². The second kappa shape index (κ2) is 11.4. The summed E-state index contributed by atoms with van der Waals surface area (Å²) >= 11 is 0. The zero-order valence-corrected chi connectivity index (χ0v) is 13.5. The van der Waals surface area contributed by atoms with Crippen LogP contribution in [0.3, 0.4) is 0 Å². The number of nitrogens with two attached hydrogens (primary N) is 1. The maximum atomic E-state index is 5.90. The molecule has 0 unspecified atom stereocenters. The molecular formula is C17H30N2O2. The number of nitrogen functional groups attached to an aromatic ring is 1. The number of methoxy groups -OCH3 is 1. The molecular weight excluding hydrogens is 264 g/mol. The highest BCUT2D eigenvalue weighted by Crippen LogP contribution is 2.22. The summed E-state index contributed by atoms with van der Waals surface area (Å²) in [7, 11) is 1.64. The maximum absolute atomic E-state index is 5.90. The smallest absolute Gasteiger partial charge is 0.141 e. The molecule has 4 heteroatoms. The van der Waals surface area contributed by atoms with Gasteiger partial charge in [-0.1, -0.05) is 19.4 Å².